The summed E-state index contributed by atoms with van der Waals surface area (Å²) in [6, 6.07) is 4.63. The maximum absolute atomic E-state index is 13.1. The van der Waals surface area contributed by atoms with Crippen LogP contribution in [-0.2, 0) is 11.3 Å². The molecule has 0 aliphatic heterocycles. The Kier molecular flexibility index (Phi) is 6.09. The summed E-state index contributed by atoms with van der Waals surface area (Å²) < 4.78 is 13.1. The number of amides is 1. The number of nitrogens with one attached hydrogen (secondary N) is 2. The molecule has 0 radical (unpaired) electrons. The van der Waals surface area contributed by atoms with Gasteiger partial charge >= 0.3 is 0 Å². The lowest BCUT2D eigenvalue weighted by Gasteiger charge is -2.09. The molecule has 18 heavy (non-hydrogen) atoms. The molecule has 0 unspecified atom stereocenters. The average molecular weight is 273 g/mol. The van der Waals surface area contributed by atoms with Crippen molar-refractivity contribution in [1.29, 1.82) is 0 Å². The average Bonchev–Trinajstić information content (AvgIpc) is 2.32. The summed E-state index contributed by atoms with van der Waals surface area (Å²) in [7, 11) is 0. The first kappa shape index (κ1) is 14.9. The van der Waals surface area contributed by atoms with Gasteiger partial charge in [0.05, 0.1) is 11.6 Å². The normalized spacial score (nSPS) is 10.7. The van der Waals surface area contributed by atoms with E-state index in [0.29, 0.717) is 24.6 Å². The first-order chi connectivity index (χ1) is 8.50. The predicted octanol–water partition coefficient (Wildman–Crippen LogP) is 2.34. The Morgan fingerprint density at radius 2 is 2.17 bits per heavy atom. The standard InChI is InChI=1S/C13H18ClFN2O/c1-9(2)6-17-12(18)8-16-7-10-4-3-5-11(15)13(10)14/h3-5,9,16H,6-8H2,1-2H3,(H,17,18). The van der Waals surface area contributed by atoms with Gasteiger partial charge in [-0.05, 0) is 17.5 Å². The molecule has 0 fully saturated rings. The van der Waals surface area contributed by atoms with Gasteiger partial charge in [0.15, 0.2) is 0 Å². The molecule has 0 aliphatic rings. The van der Waals surface area contributed by atoms with E-state index in [0.717, 1.165) is 0 Å². The van der Waals surface area contributed by atoms with Crippen molar-refractivity contribution in [2.45, 2.75) is 20.4 Å². The van der Waals surface area contributed by atoms with Gasteiger partial charge in [0.1, 0.15) is 5.82 Å². The van der Waals surface area contributed by atoms with Crippen LogP contribution in [0.5, 0.6) is 0 Å². The van der Waals surface area contributed by atoms with Gasteiger partial charge in [0.25, 0.3) is 0 Å². The summed E-state index contributed by atoms with van der Waals surface area (Å²) in [6.07, 6.45) is 0. The van der Waals surface area contributed by atoms with E-state index in [1.165, 1.54) is 6.07 Å². The van der Waals surface area contributed by atoms with Gasteiger partial charge in [-0.3, -0.25) is 4.79 Å². The maximum Gasteiger partial charge on any atom is 0.233 e. The predicted molar refractivity (Wildman–Crippen MR) is 71.0 cm³/mol. The minimum atomic E-state index is -0.444. The zero-order valence-corrected chi connectivity index (χ0v) is 11.4. The van der Waals surface area contributed by atoms with E-state index in [1.54, 1.807) is 12.1 Å². The first-order valence-electron chi connectivity index (χ1n) is 5.91. The number of rotatable bonds is 6. The van der Waals surface area contributed by atoms with Crippen LogP contribution in [0.4, 0.5) is 4.39 Å². The molecule has 1 aromatic carbocycles. The summed E-state index contributed by atoms with van der Waals surface area (Å²) in [5.41, 5.74) is 0.647. The van der Waals surface area contributed by atoms with Crippen LogP contribution in [0.2, 0.25) is 5.02 Å². The Morgan fingerprint density at radius 1 is 1.44 bits per heavy atom. The van der Waals surface area contributed by atoms with Crippen LogP contribution in [0.25, 0.3) is 0 Å². The highest BCUT2D eigenvalue weighted by molar-refractivity contribution is 6.31. The Morgan fingerprint density at radius 3 is 2.83 bits per heavy atom. The molecule has 1 rings (SSSR count). The lowest BCUT2D eigenvalue weighted by molar-refractivity contribution is -0.120. The molecule has 0 aromatic heterocycles. The van der Waals surface area contributed by atoms with Crippen LogP contribution < -0.4 is 10.6 Å². The molecule has 0 bridgehead atoms. The van der Waals surface area contributed by atoms with Crippen LogP contribution in [0.1, 0.15) is 19.4 Å². The van der Waals surface area contributed by atoms with E-state index in [-0.39, 0.29) is 17.5 Å². The number of carbonyl (C=O) groups is 1. The summed E-state index contributed by atoms with van der Waals surface area (Å²) in [5, 5.41) is 5.82. The zero-order valence-electron chi connectivity index (χ0n) is 10.6. The Hall–Kier alpha value is -1.13. The Balaban J connectivity index is 2.33. The van der Waals surface area contributed by atoms with Gasteiger partial charge in [-0.1, -0.05) is 37.6 Å². The highest BCUT2D eigenvalue weighted by atomic mass is 35.5. The Labute approximate surface area is 112 Å². The van der Waals surface area contributed by atoms with E-state index >= 15 is 0 Å². The third kappa shape index (κ3) is 5.02. The van der Waals surface area contributed by atoms with Crippen molar-refractivity contribution in [1.82, 2.24) is 10.6 Å². The van der Waals surface area contributed by atoms with Crippen molar-refractivity contribution in [3.63, 3.8) is 0 Å². The Bertz CT molecular complexity index is 410. The fourth-order valence-corrected chi connectivity index (χ4v) is 1.57. The molecule has 2 N–H and O–H groups in total. The van der Waals surface area contributed by atoms with Crippen LogP contribution in [0.15, 0.2) is 18.2 Å². The quantitative estimate of drug-likeness (QED) is 0.835. The third-order valence-corrected chi connectivity index (χ3v) is 2.76. The molecule has 100 valence electrons. The molecular weight excluding hydrogens is 255 g/mol. The van der Waals surface area contributed by atoms with Crippen molar-refractivity contribution in [2.24, 2.45) is 5.92 Å². The smallest absolute Gasteiger partial charge is 0.233 e. The SMILES string of the molecule is CC(C)CNC(=O)CNCc1cccc(F)c1Cl. The van der Waals surface area contributed by atoms with Gasteiger partial charge in [-0.2, -0.15) is 0 Å². The van der Waals surface area contributed by atoms with E-state index < -0.39 is 5.82 Å². The lowest BCUT2D eigenvalue weighted by atomic mass is 10.2. The summed E-state index contributed by atoms with van der Waals surface area (Å²) in [6.45, 7) is 5.27. The van der Waals surface area contributed by atoms with Crippen molar-refractivity contribution >= 4 is 17.5 Å². The van der Waals surface area contributed by atoms with Crippen LogP contribution in [-0.4, -0.2) is 19.0 Å². The third-order valence-electron chi connectivity index (χ3n) is 2.34. The number of carbonyl (C=O) groups excluding carboxylic acids is 1. The van der Waals surface area contributed by atoms with Gasteiger partial charge in [-0.25, -0.2) is 4.39 Å². The summed E-state index contributed by atoms with van der Waals surface area (Å²) in [5.74, 6) is -0.0944. The largest absolute Gasteiger partial charge is 0.355 e. The molecule has 0 heterocycles. The van der Waals surface area contributed by atoms with Crippen molar-refractivity contribution in [3.05, 3.63) is 34.6 Å². The second-order valence-electron chi connectivity index (χ2n) is 4.51. The van der Waals surface area contributed by atoms with E-state index in [1.807, 2.05) is 13.8 Å². The number of hydrogen-bond acceptors (Lipinski definition) is 2. The molecule has 1 amide bonds. The number of hydrogen-bond donors (Lipinski definition) is 2. The van der Waals surface area contributed by atoms with Gasteiger partial charge in [-0.15, -0.1) is 0 Å². The highest BCUT2D eigenvalue weighted by Gasteiger charge is 2.06. The van der Waals surface area contributed by atoms with Crippen molar-refractivity contribution in [3.8, 4) is 0 Å². The maximum atomic E-state index is 13.1. The summed E-state index contributed by atoms with van der Waals surface area (Å²) in [4.78, 5) is 11.4. The monoisotopic (exact) mass is 272 g/mol. The molecule has 5 heteroatoms. The number of halogens is 2. The van der Waals surface area contributed by atoms with Gasteiger partial charge in [0, 0.05) is 13.1 Å². The lowest BCUT2D eigenvalue weighted by Crippen LogP contribution is -2.35. The van der Waals surface area contributed by atoms with E-state index in [9.17, 15) is 9.18 Å². The van der Waals surface area contributed by atoms with Crippen LogP contribution >= 0.6 is 11.6 Å². The fraction of sp³-hybridized carbons (Fsp3) is 0.462. The topological polar surface area (TPSA) is 41.1 Å². The molecule has 0 atom stereocenters. The minimum Gasteiger partial charge on any atom is -0.355 e. The van der Waals surface area contributed by atoms with Crippen LogP contribution in [0, 0.1) is 11.7 Å². The molecule has 0 spiro atoms. The zero-order chi connectivity index (χ0) is 13.5. The van der Waals surface area contributed by atoms with Crippen LogP contribution in [0.3, 0.4) is 0 Å². The van der Waals surface area contributed by atoms with Gasteiger partial charge < -0.3 is 10.6 Å². The van der Waals surface area contributed by atoms with Crippen molar-refractivity contribution < 1.29 is 9.18 Å². The second-order valence-corrected chi connectivity index (χ2v) is 4.89. The second kappa shape index (κ2) is 7.34. The molecule has 0 saturated carbocycles. The summed E-state index contributed by atoms with van der Waals surface area (Å²) >= 11 is 5.80. The number of benzene rings is 1. The van der Waals surface area contributed by atoms with Crippen molar-refractivity contribution in [2.75, 3.05) is 13.1 Å². The van der Waals surface area contributed by atoms with Gasteiger partial charge in [0.2, 0.25) is 5.91 Å². The minimum absolute atomic E-state index is 0.0729. The highest BCUT2D eigenvalue weighted by Crippen LogP contribution is 2.19. The molecule has 3 nitrogen and oxygen atoms in total. The molecule has 0 saturated heterocycles. The molecule has 0 aliphatic carbocycles. The fourth-order valence-electron chi connectivity index (χ4n) is 1.38. The van der Waals surface area contributed by atoms with E-state index in [4.69, 9.17) is 11.6 Å². The molecule has 1 aromatic rings. The molecular formula is C13H18ClFN2O. The first-order valence-corrected chi connectivity index (χ1v) is 6.28. The van der Waals surface area contributed by atoms with E-state index in [2.05, 4.69) is 10.6 Å².